The van der Waals surface area contributed by atoms with Crippen LogP contribution in [0.2, 0.25) is 10.0 Å². The number of amides is 2. The van der Waals surface area contributed by atoms with Gasteiger partial charge in [-0.25, -0.2) is 4.98 Å². The summed E-state index contributed by atoms with van der Waals surface area (Å²) >= 11 is 12.0. The molecular formula is C20H21Cl2N5O2. The molecule has 0 atom stereocenters. The number of hydrogen-bond donors (Lipinski definition) is 1. The fourth-order valence-electron chi connectivity index (χ4n) is 2.58. The van der Waals surface area contributed by atoms with Crippen molar-refractivity contribution in [1.29, 1.82) is 5.26 Å². The first-order valence-corrected chi connectivity index (χ1v) is 9.69. The molecule has 1 heterocycles. The van der Waals surface area contributed by atoms with E-state index in [4.69, 9.17) is 28.5 Å². The van der Waals surface area contributed by atoms with E-state index in [2.05, 4.69) is 10.3 Å². The number of carbonyl (C=O) groups excluding carboxylic acids is 2. The number of aromatic nitrogens is 1. The van der Waals surface area contributed by atoms with Gasteiger partial charge in [0.2, 0.25) is 11.8 Å². The molecule has 0 aliphatic rings. The third-order valence-electron chi connectivity index (χ3n) is 4.02. The fraction of sp³-hybridized carbons (Fsp3) is 0.300. The van der Waals surface area contributed by atoms with Gasteiger partial charge >= 0.3 is 0 Å². The third kappa shape index (κ3) is 6.63. The zero-order chi connectivity index (χ0) is 21.4. The van der Waals surface area contributed by atoms with Crippen LogP contribution >= 0.6 is 23.2 Å². The Morgan fingerprint density at radius 2 is 1.97 bits per heavy atom. The lowest BCUT2D eigenvalue weighted by Gasteiger charge is -2.25. The van der Waals surface area contributed by atoms with Crippen LogP contribution < -0.4 is 10.2 Å². The molecule has 7 nitrogen and oxygen atoms in total. The minimum absolute atomic E-state index is 0.0457. The van der Waals surface area contributed by atoms with Crippen LogP contribution in [0, 0.1) is 11.3 Å². The minimum atomic E-state index is -0.366. The highest BCUT2D eigenvalue weighted by molar-refractivity contribution is 6.35. The predicted molar refractivity (Wildman–Crippen MR) is 114 cm³/mol. The molecule has 1 aromatic carbocycles. The van der Waals surface area contributed by atoms with Crippen LogP contribution in [-0.4, -0.2) is 48.4 Å². The SMILES string of the molecule is CCCN(CC(=O)Nc1cc(Cl)ccc1Cl)C(=O)CN(C)c1ccc(C#N)cn1. The monoisotopic (exact) mass is 433 g/mol. The Morgan fingerprint density at radius 1 is 1.21 bits per heavy atom. The van der Waals surface area contributed by atoms with Crippen LogP contribution in [0.3, 0.4) is 0 Å². The number of likely N-dealkylation sites (N-methyl/N-ethyl adjacent to an activating group) is 1. The van der Waals surface area contributed by atoms with E-state index in [1.54, 1.807) is 42.3 Å². The molecule has 0 aliphatic carbocycles. The summed E-state index contributed by atoms with van der Waals surface area (Å²) < 4.78 is 0. The molecule has 0 unspecified atom stereocenters. The van der Waals surface area contributed by atoms with Gasteiger partial charge in [-0.1, -0.05) is 30.1 Å². The lowest BCUT2D eigenvalue weighted by Crippen LogP contribution is -2.43. The van der Waals surface area contributed by atoms with Gasteiger partial charge in [-0.05, 0) is 36.8 Å². The lowest BCUT2D eigenvalue weighted by atomic mass is 10.3. The Morgan fingerprint density at radius 3 is 2.59 bits per heavy atom. The van der Waals surface area contributed by atoms with Crippen molar-refractivity contribution in [2.45, 2.75) is 13.3 Å². The minimum Gasteiger partial charge on any atom is -0.350 e. The maximum atomic E-state index is 12.7. The van der Waals surface area contributed by atoms with E-state index in [9.17, 15) is 9.59 Å². The smallest absolute Gasteiger partial charge is 0.244 e. The summed E-state index contributed by atoms with van der Waals surface area (Å²) in [6, 6.07) is 10.1. The van der Waals surface area contributed by atoms with Gasteiger partial charge < -0.3 is 15.1 Å². The van der Waals surface area contributed by atoms with E-state index in [-0.39, 0.29) is 24.9 Å². The van der Waals surface area contributed by atoms with Crippen LogP contribution in [-0.2, 0) is 9.59 Å². The Kier molecular flexibility index (Phi) is 8.25. The van der Waals surface area contributed by atoms with Crippen molar-refractivity contribution in [1.82, 2.24) is 9.88 Å². The Balaban J connectivity index is 2.01. The quantitative estimate of drug-likeness (QED) is 0.686. The molecule has 2 rings (SSSR count). The summed E-state index contributed by atoms with van der Waals surface area (Å²) in [5.74, 6) is -0.0214. The summed E-state index contributed by atoms with van der Waals surface area (Å²) in [7, 11) is 1.72. The van der Waals surface area contributed by atoms with E-state index in [1.165, 1.54) is 11.1 Å². The normalized spacial score (nSPS) is 10.2. The van der Waals surface area contributed by atoms with Crippen molar-refractivity contribution < 1.29 is 9.59 Å². The van der Waals surface area contributed by atoms with Gasteiger partial charge in [0.05, 0.1) is 29.4 Å². The molecular weight excluding hydrogens is 413 g/mol. The summed E-state index contributed by atoms with van der Waals surface area (Å²) in [5, 5.41) is 12.3. The zero-order valence-corrected chi connectivity index (χ0v) is 17.7. The summed E-state index contributed by atoms with van der Waals surface area (Å²) in [6.45, 7) is 2.30. The Labute approximate surface area is 179 Å². The van der Waals surface area contributed by atoms with Crippen molar-refractivity contribution >= 4 is 46.5 Å². The molecule has 0 saturated carbocycles. The summed E-state index contributed by atoms with van der Waals surface area (Å²) in [4.78, 5) is 32.5. The first-order valence-electron chi connectivity index (χ1n) is 8.94. The molecule has 0 saturated heterocycles. The molecule has 0 bridgehead atoms. The molecule has 0 fully saturated rings. The second-order valence-corrected chi connectivity index (χ2v) is 7.20. The molecule has 0 spiro atoms. The Hall–Kier alpha value is -2.82. The van der Waals surface area contributed by atoms with Crippen LogP contribution in [0.25, 0.3) is 0 Å². The molecule has 1 N–H and O–H groups in total. The predicted octanol–water partition coefficient (Wildman–Crippen LogP) is 3.57. The van der Waals surface area contributed by atoms with Gasteiger partial charge in [-0.2, -0.15) is 5.26 Å². The van der Waals surface area contributed by atoms with Gasteiger partial charge in [0, 0.05) is 24.8 Å². The largest absolute Gasteiger partial charge is 0.350 e. The van der Waals surface area contributed by atoms with E-state index in [0.717, 1.165) is 0 Å². The van der Waals surface area contributed by atoms with Gasteiger partial charge in [0.15, 0.2) is 0 Å². The number of nitriles is 1. The van der Waals surface area contributed by atoms with E-state index >= 15 is 0 Å². The number of halogens is 2. The number of rotatable bonds is 8. The van der Waals surface area contributed by atoms with Crippen LogP contribution in [0.1, 0.15) is 18.9 Å². The molecule has 152 valence electrons. The molecule has 9 heteroatoms. The van der Waals surface area contributed by atoms with Gasteiger partial charge in [0.1, 0.15) is 11.9 Å². The van der Waals surface area contributed by atoms with E-state index in [0.29, 0.717) is 40.1 Å². The van der Waals surface area contributed by atoms with Gasteiger partial charge in [-0.15, -0.1) is 0 Å². The van der Waals surface area contributed by atoms with E-state index < -0.39 is 0 Å². The van der Waals surface area contributed by atoms with Crippen LogP contribution in [0.4, 0.5) is 11.5 Å². The number of hydrogen-bond acceptors (Lipinski definition) is 5. The Bertz CT molecular complexity index is 912. The molecule has 0 aliphatic heterocycles. The highest BCUT2D eigenvalue weighted by Crippen LogP contribution is 2.25. The molecule has 29 heavy (non-hydrogen) atoms. The van der Waals surface area contributed by atoms with E-state index in [1.807, 2.05) is 13.0 Å². The maximum Gasteiger partial charge on any atom is 0.244 e. The van der Waals surface area contributed by atoms with Crippen molar-refractivity contribution in [2.24, 2.45) is 0 Å². The molecule has 2 amide bonds. The van der Waals surface area contributed by atoms with Crippen molar-refractivity contribution in [3.8, 4) is 6.07 Å². The number of carbonyl (C=O) groups is 2. The summed E-state index contributed by atoms with van der Waals surface area (Å²) in [6.07, 6.45) is 2.15. The fourth-order valence-corrected chi connectivity index (χ4v) is 2.92. The number of benzene rings is 1. The lowest BCUT2D eigenvalue weighted by molar-refractivity contribution is -0.133. The van der Waals surface area contributed by atoms with Gasteiger partial charge in [-0.3, -0.25) is 9.59 Å². The highest BCUT2D eigenvalue weighted by atomic mass is 35.5. The molecule has 0 radical (unpaired) electrons. The number of nitrogens with one attached hydrogen (secondary N) is 1. The second kappa shape index (κ2) is 10.6. The van der Waals surface area contributed by atoms with Crippen molar-refractivity contribution in [3.63, 3.8) is 0 Å². The van der Waals surface area contributed by atoms with Crippen molar-refractivity contribution in [3.05, 3.63) is 52.1 Å². The van der Waals surface area contributed by atoms with Crippen LogP contribution in [0.15, 0.2) is 36.5 Å². The van der Waals surface area contributed by atoms with Crippen LogP contribution in [0.5, 0.6) is 0 Å². The number of pyridine rings is 1. The first-order chi connectivity index (χ1) is 13.8. The highest BCUT2D eigenvalue weighted by Gasteiger charge is 2.19. The third-order valence-corrected chi connectivity index (χ3v) is 4.59. The zero-order valence-electron chi connectivity index (χ0n) is 16.2. The average molecular weight is 434 g/mol. The average Bonchev–Trinajstić information content (AvgIpc) is 2.70. The first kappa shape index (κ1) is 22.5. The summed E-state index contributed by atoms with van der Waals surface area (Å²) in [5.41, 5.74) is 0.837. The van der Waals surface area contributed by atoms with Crippen molar-refractivity contribution in [2.75, 3.05) is 36.9 Å². The molecule has 2 aromatic rings. The topological polar surface area (TPSA) is 89.3 Å². The van der Waals surface area contributed by atoms with Gasteiger partial charge in [0.25, 0.3) is 0 Å². The standard InChI is InChI=1S/C20H21Cl2N5O2/c1-3-8-27(12-19(28)25-17-9-15(21)5-6-16(17)22)20(29)13-26(2)18-7-4-14(10-23)11-24-18/h4-7,9,11H,3,8,12-13H2,1-2H3,(H,25,28). The number of nitrogens with zero attached hydrogens (tertiary/aromatic N) is 4. The number of anilines is 2. The molecule has 1 aromatic heterocycles. The second-order valence-electron chi connectivity index (χ2n) is 6.36. The maximum absolute atomic E-state index is 12.7.